The number of nitriles is 2. The highest BCUT2D eigenvalue weighted by Crippen LogP contribution is 2.50. The lowest BCUT2D eigenvalue weighted by molar-refractivity contribution is -0.151. The van der Waals surface area contributed by atoms with E-state index >= 15 is 0 Å². The van der Waals surface area contributed by atoms with Crippen molar-refractivity contribution in [3.63, 3.8) is 0 Å². The van der Waals surface area contributed by atoms with E-state index in [1.165, 1.54) is 19.8 Å². The molecule has 0 aliphatic carbocycles. The van der Waals surface area contributed by atoms with Gasteiger partial charge in [-0.1, -0.05) is 41.5 Å². The number of carbonyl (C=O) groups excluding carboxylic acids is 2. The molecule has 15 nitrogen and oxygen atoms in total. The zero-order valence-corrected chi connectivity index (χ0v) is 46.2. The molecule has 17 heteroatoms. The lowest BCUT2D eigenvalue weighted by Gasteiger charge is -2.38. The quantitative estimate of drug-likeness (QED) is 0.0303. The summed E-state index contributed by atoms with van der Waals surface area (Å²) in [6.07, 6.45) is 10.5. The predicted octanol–water partition coefficient (Wildman–Crippen LogP) is 9.48. The molecule has 3 heterocycles. The maximum absolute atomic E-state index is 11.6. The van der Waals surface area contributed by atoms with Crippen molar-refractivity contribution in [1.82, 2.24) is 29.2 Å². The van der Waals surface area contributed by atoms with Crippen molar-refractivity contribution in [2.45, 2.75) is 202 Å². The molecule has 3 fully saturated rings. The molecule has 0 saturated carbocycles. The van der Waals surface area contributed by atoms with Crippen molar-refractivity contribution in [3.8, 4) is 12.1 Å². The van der Waals surface area contributed by atoms with Crippen molar-refractivity contribution < 1.29 is 32.4 Å². The first-order valence-corrected chi connectivity index (χ1v) is 27.8. The van der Waals surface area contributed by atoms with Gasteiger partial charge in [0.25, 0.3) is 8.53 Å². The van der Waals surface area contributed by atoms with Crippen LogP contribution in [-0.2, 0) is 32.4 Å². The van der Waals surface area contributed by atoms with Crippen LogP contribution in [0.5, 0.6) is 0 Å². The molecule has 0 bridgehead atoms. The van der Waals surface area contributed by atoms with Gasteiger partial charge in [0.1, 0.15) is 17.8 Å². The Morgan fingerprint density at radius 3 is 1.65 bits per heavy atom. The minimum absolute atomic E-state index is 0.0148. The molecule has 0 amide bonds. The maximum atomic E-state index is 11.6. The number of ketones is 1. The van der Waals surface area contributed by atoms with Gasteiger partial charge in [-0.3, -0.25) is 24.4 Å². The average Bonchev–Trinajstić information content (AvgIpc) is 3.96. The number of Topliss-reactive ketones (excluding diaryl/α,β-unsaturated/α-hetero) is 1. The number of ether oxygens (including phenoxy) is 1. The molecular formula is C49H96N8O7P2. The second-order valence-corrected chi connectivity index (χ2v) is 21.8. The average molecular weight is 971 g/mol. The van der Waals surface area contributed by atoms with Gasteiger partial charge in [-0.25, -0.2) is 4.67 Å². The smallest absolute Gasteiger partial charge is 0.306 e. The highest BCUT2D eigenvalue weighted by Gasteiger charge is 2.40. The van der Waals surface area contributed by atoms with E-state index in [0.717, 1.165) is 84.3 Å². The van der Waals surface area contributed by atoms with Gasteiger partial charge in [0, 0.05) is 56.8 Å². The molecule has 3 rings (SSSR count). The van der Waals surface area contributed by atoms with E-state index in [1.807, 2.05) is 28.2 Å². The second kappa shape index (κ2) is 35.6. The summed E-state index contributed by atoms with van der Waals surface area (Å²) >= 11 is 0. The van der Waals surface area contributed by atoms with E-state index in [9.17, 15) is 9.59 Å². The topological polar surface area (TPSA) is 147 Å². The van der Waals surface area contributed by atoms with Crippen molar-refractivity contribution in [1.29, 1.82) is 10.5 Å². The first kappa shape index (κ1) is 62.6. The number of rotatable bonds is 29. The SMILES string of the molecule is CCCN1CC[C@@H](OC(=O)CCC(C)=O)[C@@H]1CC.CCCN1CC[C@@H](OP(OCCC#N)N(C(C)C)C(C)C)[C@@H]1CC.CCCN1C[C@@H](CC)[C@H](OP(OCCC#N)C(N(C)C)N(C)C)C1. The van der Waals surface area contributed by atoms with E-state index < -0.39 is 16.9 Å². The molecule has 0 radical (unpaired) electrons. The molecule has 3 aliphatic rings. The predicted molar refractivity (Wildman–Crippen MR) is 271 cm³/mol. The number of hydrogen-bond donors (Lipinski definition) is 0. The fourth-order valence-corrected chi connectivity index (χ4v) is 13.0. The van der Waals surface area contributed by atoms with Crippen molar-refractivity contribution >= 4 is 28.7 Å². The van der Waals surface area contributed by atoms with Crippen molar-refractivity contribution in [2.75, 3.05) is 87.2 Å². The Hall–Kier alpha value is -1.42. The van der Waals surface area contributed by atoms with Crippen LogP contribution in [0.2, 0.25) is 0 Å². The molecule has 3 aliphatic heterocycles. The van der Waals surface area contributed by atoms with Crippen LogP contribution in [0.3, 0.4) is 0 Å². The highest BCUT2D eigenvalue weighted by atomic mass is 31.2. The Balaban J connectivity index is 0.000000501. The van der Waals surface area contributed by atoms with Crippen LogP contribution in [0.15, 0.2) is 0 Å². The summed E-state index contributed by atoms with van der Waals surface area (Å²) in [5.74, 6) is 0.451. The molecule has 3 saturated heterocycles. The zero-order chi connectivity index (χ0) is 49.8. The van der Waals surface area contributed by atoms with Gasteiger partial charge in [0.15, 0.2) is 0 Å². The summed E-state index contributed by atoms with van der Waals surface area (Å²) in [5.41, 5.74) is 0. The highest BCUT2D eigenvalue weighted by molar-refractivity contribution is 7.48. The third kappa shape index (κ3) is 22.6. The Kier molecular flexibility index (Phi) is 33.8. The van der Waals surface area contributed by atoms with E-state index in [4.69, 9.17) is 33.4 Å². The lowest BCUT2D eigenvalue weighted by Crippen LogP contribution is -2.41. The molecule has 0 aromatic carbocycles. The van der Waals surface area contributed by atoms with Crippen LogP contribution in [-0.4, -0.2) is 177 Å². The Morgan fingerprint density at radius 2 is 1.20 bits per heavy atom. The van der Waals surface area contributed by atoms with Gasteiger partial charge in [-0.15, -0.1) is 0 Å². The molecule has 66 heavy (non-hydrogen) atoms. The number of carbonyl (C=O) groups is 2. The second-order valence-electron chi connectivity index (χ2n) is 18.9. The standard InChI is InChI=1S/C18H36N3O2P.C17H35N4O2P.C14H25NO3/c1-7-12-20-13-10-18(17(20)8-2)23-24(22-14-9-11-19)21(15(3)4)16(5)6;1-7-11-21-13-15(8-2)16(14-21)23-24(22-12-9-10-18)17(19(3)4)20(5)6;1-4-9-15-10-8-13(12(15)5-2)18-14(17)7-6-11(3)16/h15-18H,7-10,12-14H2,1-6H3;15-17H,7-9,11-14H2,1-6H3;12-13H,4-10H2,1-3H3/t17-,18+,24?;15-,16-,24?;12-,13+/m010/s1. The Bertz CT molecular complexity index is 1330. The third-order valence-corrected chi connectivity index (χ3v) is 16.6. The van der Waals surface area contributed by atoms with Crippen LogP contribution in [0.4, 0.5) is 0 Å². The van der Waals surface area contributed by atoms with Gasteiger partial charge < -0.3 is 32.5 Å². The molecule has 0 aromatic heterocycles. The molecule has 0 spiro atoms. The fraction of sp³-hybridized carbons (Fsp3) is 0.918. The normalized spacial score (nSPS) is 23.6. The third-order valence-electron chi connectivity index (χ3n) is 12.2. The lowest BCUT2D eigenvalue weighted by atomic mass is 10.0. The monoisotopic (exact) mass is 971 g/mol. The van der Waals surface area contributed by atoms with Gasteiger partial charge in [0.05, 0.1) is 56.8 Å². The minimum Gasteiger partial charge on any atom is -0.461 e. The zero-order valence-electron chi connectivity index (χ0n) is 44.4. The molecule has 0 N–H and O–H groups in total. The van der Waals surface area contributed by atoms with Crippen LogP contribution >= 0.6 is 16.9 Å². The molecular weight excluding hydrogens is 875 g/mol. The van der Waals surface area contributed by atoms with E-state index in [1.54, 1.807) is 0 Å². The van der Waals surface area contributed by atoms with Gasteiger partial charge in [-0.2, -0.15) is 10.5 Å². The van der Waals surface area contributed by atoms with E-state index in [2.05, 4.69) is 111 Å². The largest absolute Gasteiger partial charge is 0.461 e. The van der Waals surface area contributed by atoms with E-state index in [-0.39, 0.29) is 42.4 Å². The van der Waals surface area contributed by atoms with Gasteiger partial charge >= 0.3 is 5.97 Å². The van der Waals surface area contributed by atoms with Crippen molar-refractivity contribution in [2.24, 2.45) is 5.92 Å². The molecule has 0 aromatic rings. The van der Waals surface area contributed by atoms with Gasteiger partial charge in [-0.05, 0) is 140 Å². The van der Waals surface area contributed by atoms with Crippen LogP contribution in [0, 0.1) is 28.6 Å². The number of likely N-dealkylation sites (tertiary alicyclic amines) is 3. The molecule has 8 atom stereocenters. The summed E-state index contributed by atoms with van der Waals surface area (Å²) in [5, 5.41) is 17.6. The summed E-state index contributed by atoms with van der Waals surface area (Å²) < 4.78 is 33.0. The van der Waals surface area contributed by atoms with Gasteiger partial charge in [0.2, 0.25) is 8.38 Å². The Labute approximate surface area is 406 Å². The number of nitrogens with zero attached hydrogens (tertiary/aromatic N) is 8. The molecule has 2 unspecified atom stereocenters. The number of hydrogen-bond acceptors (Lipinski definition) is 15. The van der Waals surface area contributed by atoms with Crippen LogP contribution in [0.1, 0.15) is 153 Å². The minimum atomic E-state index is -1.13. The number of esters is 1. The first-order valence-electron chi connectivity index (χ1n) is 25.4. The summed E-state index contributed by atoms with van der Waals surface area (Å²) in [6.45, 7) is 31.9. The van der Waals surface area contributed by atoms with Crippen LogP contribution in [0.25, 0.3) is 0 Å². The first-order chi connectivity index (χ1) is 31.5. The summed E-state index contributed by atoms with van der Waals surface area (Å²) in [4.78, 5) is 34.2. The fourth-order valence-electron chi connectivity index (χ4n) is 9.36. The Morgan fingerprint density at radius 1 is 0.682 bits per heavy atom. The summed E-state index contributed by atoms with van der Waals surface area (Å²) in [6, 6.07) is 5.85. The maximum Gasteiger partial charge on any atom is 0.306 e. The summed E-state index contributed by atoms with van der Waals surface area (Å²) in [7, 11) is 5.95. The molecule has 384 valence electrons. The van der Waals surface area contributed by atoms with E-state index in [0.29, 0.717) is 62.6 Å². The van der Waals surface area contributed by atoms with Crippen LogP contribution < -0.4 is 0 Å². The van der Waals surface area contributed by atoms with Crippen molar-refractivity contribution in [3.05, 3.63) is 0 Å².